The molecule has 0 atom stereocenters. The van der Waals surface area contributed by atoms with E-state index in [-0.39, 0.29) is 0 Å². The van der Waals surface area contributed by atoms with Gasteiger partial charge in [0.25, 0.3) is 0 Å². The van der Waals surface area contributed by atoms with Crippen LogP contribution in [0.3, 0.4) is 0 Å². The molecule has 80 valence electrons. The molecule has 2 aromatic rings. The first-order chi connectivity index (χ1) is 7.75. The first kappa shape index (κ1) is 11.6. The van der Waals surface area contributed by atoms with Crippen molar-refractivity contribution in [2.45, 2.75) is 0 Å². The van der Waals surface area contributed by atoms with Gasteiger partial charge >= 0.3 is 0 Å². The molecule has 2 rings (SSSR count). The standard InChI is InChI=1S/C13H9Br2N/c14-11-6-7-13(12(15)8-11)16-9-10-4-2-1-3-5-10/h1-9H/b16-9+. The van der Waals surface area contributed by atoms with Gasteiger partial charge in [-0.3, -0.25) is 4.99 Å². The Morgan fingerprint density at radius 2 is 1.69 bits per heavy atom. The summed E-state index contributed by atoms with van der Waals surface area (Å²) >= 11 is 6.89. The van der Waals surface area contributed by atoms with E-state index in [9.17, 15) is 0 Å². The van der Waals surface area contributed by atoms with E-state index in [2.05, 4.69) is 36.9 Å². The molecule has 0 aromatic heterocycles. The Bertz CT molecular complexity index is 507. The molecule has 0 unspecified atom stereocenters. The number of rotatable bonds is 2. The minimum absolute atomic E-state index is 0.923. The lowest BCUT2D eigenvalue weighted by Gasteiger charge is -1.98. The number of benzene rings is 2. The van der Waals surface area contributed by atoms with Crippen LogP contribution in [0.25, 0.3) is 0 Å². The number of hydrogen-bond acceptors (Lipinski definition) is 1. The summed E-state index contributed by atoms with van der Waals surface area (Å²) in [6.45, 7) is 0. The molecule has 0 bridgehead atoms. The molecular weight excluding hydrogens is 330 g/mol. The molecule has 0 saturated carbocycles. The summed E-state index contributed by atoms with van der Waals surface area (Å²) in [6.07, 6.45) is 1.86. The second-order valence-corrected chi connectivity index (χ2v) is 5.03. The molecule has 0 heterocycles. The van der Waals surface area contributed by atoms with Gasteiger partial charge in [0.05, 0.1) is 5.69 Å². The molecule has 2 aromatic carbocycles. The Balaban J connectivity index is 2.24. The number of aliphatic imine (C=N–C) groups is 1. The summed E-state index contributed by atoms with van der Waals surface area (Å²) in [5.41, 5.74) is 2.02. The zero-order chi connectivity index (χ0) is 11.4. The summed E-state index contributed by atoms with van der Waals surface area (Å²) in [6, 6.07) is 16.0. The van der Waals surface area contributed by atoms with Crippen molar-refractivity contribution in [3.05, 3.63) is 63.0 Å². The summed E-state index contributed by atoms with van der Waals surface area (Å²) in [7, 11) is 0. The van der Waals surface area contributed by atoms with Crippen molar-refractivity contribution in [3.8, 4) is 0 Å². The van der Waals surface area contributed by atoms with Crippen molar-refractivity contribution in [3.63, 3.8) is 0 Å². The van der Waals surface area contributed by atoms with Crippen molar-refractivity contribution < 1.29 is 0 Å². The minimum Gasteiger partial charge on any atom is -0.255 e. The average molecular weight is 339 g/mol. The zero-order valence-electron chi connectivity index (χ0n) is 8.40. The summed E-state index contributed by atoms with van der Waals surface area (Å²) < 4.78 is 2.02. The Morgan fingerprint density at radius 1 is 0.938 bits per heavy atom. The van der Waals surface area contributed by atoms with Gasteiger partial charge in [-0.25, -0.2) is 0 Å². The van der Waals surface area contributed by atoms with Crippen LogP contribution in [0.4, 0.5) is 5.69 Å². The Labute approximate surface area is 111 Å². The van der Waals surface area contributed by atoms with E-state index < -0.39 is 0 Å². The van der Waals surface area contributed by atoms with Gasteiger partial charge in [0, 0.05) is 15.2 Å². The molecule has 0 saturated heterocycles. The second-order valence-electron chi connectivity index (χ2n) is 3.26. The number of halogens is 2. The molecule has 0 N–H and O–H groups in total. The van der Waals surface area contributed by atoms with Gasteiger partial charge in [-0.05, 0) is 39.7 Å². The van der Waals surface area contributed by atoms with Crippen LogP contribution in [0.5, 0.6) is 0 Å². The fourth-order valence-corrected chi connectivity index (χ4v) is 2.42. The number of nitrogens with zero attached hydrogens (tertiary/aromatic N) is 1. The predicted octanol–water partition coefficient (Wildman–Crippen LogP) is 4.96. The van der Waals surface area contributed by atoms with E-state index >= 15 is 0 Å². The maximum absolute atomic E-state index is 4.42. The molecule has 0 fully saturated rings. The highest BCUT2D eigenvalue weighted by Gasteiger charge is 1.97. The van der Waals surface area contributed by atoms with Gasteiger partial charge in [-0.15, -0.1) is 0 Å². The summed E-state index contributed by atoms with van der Waals surface area (Å²) in [5, 5.41) is 0. The van der Waals surface area contributed by atoms with Crippen LogP contribution in [-0.2, 0) is 0 Å². The molecule has 0 spiro atoms. The summed E-state index contributed by atoms with van der Waals surface area (Å²) in [5.74, 6) is 0. The van der Waals surface area contributed by atoms with E-state index in [0.29, 0.717) is 0 Å². The Kier molecular flexibility index (Phi) is 3.91. The van der Waals surface area contributed by atoms with Crippen LogP contribution in [0, 0.1) is 0 Å². The highest BCUT2D eigenvalue weighted by Crippen LogP contribution is 2.28. The van der Waals surface area contributed by atoms with Crippen molar-refractivity contribution in [1.82, 2.24) is 0 Å². The zero-order valence-corrected chi connectivity index (χ0v) is 11.6. The molecule has 0 amide bonds. The van der Waals surface area contributed by atoms with Crippen LogP contribution in [0.1, 0.15) is 5.56 Å². The number of hydrogen-bond donors (Lipinski definition) is 0. The first-order valence-electron chi connectivity index (χ1n) is 4.80. The third-order valence-electron chi connectivity index (χ3n) is 2.06. The maximum atomic E-state index is 4.42. The Morgan fingerprint density at radius 3 is 2.38 bits per heavy atom. The van der Waals surface area contributed by atoms with E-state index in [4.69, 9.17) is 0 Å². The van der Waals surface area contributed by atoms with Crippen molar-refractivity contribution in [2.24, 2.45) is 4.99 Å². The molecule has 1 nitrogen and oxygen atoms in total. The van der Waals surface area contributed by atoms with Crippen LogP contribution in [0.2, 0.25) is 0 Å². The lowest BCUT2D eigenvalue weighted by atomic mass is 10.2. The SMILES string of the molecule is Brc1ccc(/N=C/c2ccccc2)c(Br)c1. The first-order valence-corrected chi connectivity index (χ1v) is 6.38. The third kappa shape index (κ3) is 3.03. The normalized spacial score (nSPS) is 10.9. The molecule has 3 heteroatoms. The average Bonchev–Trinajstić information content (AvgIpc) is 2.29. The van der Waals surface area contributed by atoms with Gasteiger partial charge in [0.2, 0.25) is 0 Å². The quantitative estimate of drug-likeness (QED) is 0.686. The lowest BCUT2D eigenvalue weighted by Crippen LogP contribution is -1.78. The van der Waals surface area contributed by atoms with Gasteiger partial charge < -0.3 is 0 Å². The van der Waals surface area contributed by atoms with Crippen molar-refractivity contribution in [1.29, 1.82) is 0 Å². The molecule has 0 aliphatic rings. The maximum Gasteiger partial charge on any atom is 0.0772 e. The van der Waals surface area contributed by atoms with E-state index in [0.717, 1.165) is 20.2 Å². The molecule has 16 heavy (non-hydrogen) atoms. The third-order valence-corrected chi connectivity index (χ3v) is 3.19. The van der Waals surface area contributed by atoms with Gasteiger partial charge in [-0.2, -0.15) is 0 Å². The lowest BCUT2D eigenvalue weighted by molar-refractivity contribution is 1.48. The monoisotopic (exact) mass is 337 g/mol. The topological polar surface area (TPSA) is 12.4 Å². The van der Waals surface area contributed by atoms with Gasteiger partial charge in [0.1, 0.15) is 0 Å². The fourth-order valence-electron chi connectivity index (χ4n) is 1.27. The smallest absolute Gasteiger partial charge is 0.0772 e. The van der Waals surface area contributed by atoms with Crippen LogP contribution in [-0.4, -0.2) is 6.21 Å². The van der Waals surface area contributed by atoms with E-state index in [1.165, 1.54) is 0 Å². The minimum atomic E-state index is 0.923. The predicted molar refractivity (Wildman–Crippen MR) is 75.5 cm³/mol. The van der Waals surface area contributed by atoms with Crippen molar-refractivity contribution in [2.75, 3.05) is 0 Å². The largest absolute Gasteiger partial charge is 0.255 e. The van der Waals surface area contributed by atoms with Crippen LogP contribution in [0.15, 0.2) is 62.5 Å². The molecule has 0 radical (unpaired) electrons. The molecular formula is C13H9Br2N. The molecule has 0 aliphatic carbocycles. The van der Waals surface area contributed by atoms with Crippen molar-refractivity contribution >= 4 is 43.8 Å². The summed E-state index contributed by atoms with van der Waals surface area (Å²) in [4.78, 5) is 4.42. The van der Waals surface area contributed by atoms with Gasteiger partial charge in [0.15, 0.2) is 0 Å². The van der Waals surface area contributed by atoms with Crippen LogP contribution >= 0.6 is 31.9 Å². The molecule has 0 aliphatic heterocycles. The van der Waals surface area contributed by atoms with Crippen LogP contribution < -0.4 is 0 Å². The second kappa shape index (κ2) is 5.41. The highest BCUT2D eigenvalue weighted by atomic mass is 79.9. The van der Waals surface area contributed by atoms with Gasteiger partial charge in [-0.1, -0.05) is 46.3 Å². The van der Waals surface area contributed by atoms with E-state index in [1.807, 2.05) is 54.7 Å². The highest BCUT2D eigenvalue weighted by molar-refractivity contribution is 9.11. The fraction of sp³-hybridized carbons (Fsp3) is 0. The van der Waals surface area contributed by atoms with E-state index in [1.54, 1.807) is 0 Å². The Hall–Kier alpha value is -0.930.